The molecule has 0 fully saturated rings. The highest BCUT2D eigenvalue weighted by molar-refractivity contribution is 7.87. The number of thiophene rings is 1. The number of hydrogen-bond donors (Lipinski definition) is 1. The van der Waals surface area contributed by atoms with E-state index in [1.54, 1.807) is 12.1 Å². The molecule has 0 aliphatic rings. The third-order valence-electron chi connectivity index (χ3n) is 5.03. The first-order chi connectivity index (χ1) is 15.7. The molecule has 2 aromatic carbocycles. The van der Waals surface area contributed by atoms with E-state index < -0.39 is 33.7 Å². The largest absolute Gasteiger partial charge is 0.772 e. The van der Waals surface area contributed by atoms with Gasteiger partial charge in [0.05, 0.1) is 5.52 Å². The van der Waals surface area contributed by atoms with Crippen molar-refractivity contribution in [1.29, 1.82) is 0 Å². The Morgan fingerprint density at radius 3 is 2.52 bits per heavy atom. The fourth-order valence-corrected chi connectivity index (χ4v) is 6.19. The van der Waals surface area contributed by atoms with Crippen molar-refractivity contribution in [1.82, 2.24) is 4.57 Å². The Bertz CT molecular complexity index is 1450. The van der Waals surface area contributed by atoms with Crippen LogP contribution in [0, 0.1) is 6.92 Å². The number of rotatable bonds is 8. The van der Waals surface area contributed by atoms with Crippen molar-refractivity contribution in [3.63, 3.8) is 0 Å². The van der Waals surface area contributed by atoms with Crippen molar-refractivity contribution in [3.8, 4) is 16.2 Å². The van der Waals surface area contributed by atoms with Crippen LogP contribution in [0.5, 0.6) is 5.75 Å². The van der Waals surface area contributed by atoms with E-state index in [9.17, 15) is 27.1 Å². The van der Waals surface area contributed by atoms with Crippen LogP contribution in [0.1, 0.15) is 11.3 Å². The molecule has 11 heteroatoms. The molecule has 4 aromatic rings. The third-order valence-corrected chi connectivity index (χ3v) is 7.94. The van der Waals surface area contributed by atoms with Gasteiger partial charge in [0, 0.05) is 21.7 Å². The first-order valence-corrected chi connectivity index (χ1v) is 13.2. The van der Waals surface area contributed by atoms with Gasteiger partial charge < -0.3 is 18.4 Å². The highest BCUT2D eigenvalue weighted by Gasteiger charge is 2.28. The van der Waals surface area contributed by atoms with Gasteiger partial charge in [0.2, 0.25) is 0 Å². The summed E-state index contributed by atoms with van der Waals surface area (Å²) in [5, 5.41) is 11.6. The molecule has 2 aromatic heterocycles. The molecule has 33 heavy (non-hydrogen) atoms. The van der Waals surface area contributed by atoms with Gasteiger partial charge in [-0.2, -0.15) is 8.42 Å². The minimum Gasteiger partial charge on any atom is -0.772 e. The molecule has 2 heterocycles. The molecular weight excluding hydrogens is 486 g/mol. The average Bonchev–Trinajstić information content (AvgIpc) is 3.36. The van der Waals surface area contributed by atoms with Gasteiger partial charge in [-0.15, -0.1) is 11.3 Å². The standard InChI is InChI=1S/C22H19NO7S3/c1-14-22(33(28,29)30-17-7-4-15(5-8-17)13-32(26)27)18-11-16(20-3-2-10-31-20)6-9-19(18)23(14)12-21(24)25/h2-11H,12-13H2,1H3,(H,24,25)(H,26,27)/p-1. The van der Waals surface area contributed by atoms with Gasteiger partial charge in [-0.05, 0) is 53.8 Å². The summed E-state index contributed by atoms with van der Waals surface area (Å²) in [5.74, 6) is -1.28. The van der Waals surface area contributed by atoms with E-state index in [2.05, 4.69) is 0 Å². The number of carboxylic acid groups (broad SMARTS) is 1. The Hall–Kier alpha value is -2.99. The highest BCUT2D eigenvalue weighted by Crippen LogP contribution is 2.36. The molecule has 0 aliphatic heterocycles. The summed E-state index contributed by atoms with van der Waals surface area (Å²) in [6, 6.07) is 14.7. The molecular formula is C22H18NO7S3-. The summed E-state index contributed by atoms with van der Waals surface area (Å²) in [7, 11) is -4.34. The van der Waals surface area contributed by atoms with Gasteiger partial charge >= 0.3 is 16.1 Å². The maximum Gasteiger partial charge on any atom is 0.341 e. The smallest absolute Gasteiger partial charge is 0.341 e. The number of nitrogens with zero attached hydrogens (tertiary/aromatic N) is 1. The van der Waals surface area contributed by atoms with Gasteiger partial charge in [0.1, 0.15) is 17.2 Å². The third kappa shape index (κ3) is 4.86. The Balaban J connectivity index is 1.81. The van der Waals surface area contributed by atoms with Crippen molar-refractivity contribution in [2.24, 2.45) is 0 Å². The van der Waals surface area contributed by atoms with E-state index in [0.29, 0.717) is 16.5 Å². The zero-order valence-electron chi connectivity index (χ0n) is 17.3. The summed E-state index contributed by atoms with van der Waals surface area (Å²) in [4.78, 5) is 12.3. The van der Waals surface area contributed by atoms with Crippen LogP contribution >= 0.6 is 11.3 Å². The molecule has 1 N–H and O–H groups in total. The number of aliphatic carboxylic acids is 1. The second-order valence-electron chi connectivity index (χ2n) is 7.23. The van der Waals surface area contributed by atoms with Crippen LogP contribution in [0.3, 0.4) is 0 Å². The number of benzene rings is 2. The molecule has 1 atom stereocenters. The molecule has 0 bridgehead atoms. The van der Waals surface area contributed by atoms with E-state index in [4.69, 9.17) is 4.18 Å². The van der Waals surface area contributed by atoms with E-state index in [0.717, 1.165) is 10.4 Å². The van der Waals surface area contributed by atoms with Crippen molar-refractivity contribution in [2.45, 2.75) is 24.1 Å². The minimum atomic E-state index is -4.34. The SMILES string of the molecule is Cc1c(S(=O)(=O)Oc2ccc(CS(=O)[O-])cc2)c2cc(-c3cccs3)ccc2n1CC(=O)O. The topological polar surface area (TPSA) is 126 Å². The molecule has 172 valence electrons. The van der Waals surface area contributed by atoms with Crippen LogP contribution in [0.4, 0.5) is 0 Å². The zero-order chi connectivity index (χ0) is 23.8. The molecule has 0 saturated heterocycles. The van der Waals surface area contributed by atoms with Gasteiger partial charge in [-0.25, -0.2) is 0 Å². The fraction of sp³-hybridized carbons (Fsp3) is 0.136. The molecule has 0 aliphatic carbocycles. The molecule has 4 rings (SSSR count). The maximum atomic E-state index is 13.3. The maximum absolute atomic E-state index is 13.3. The van der Waals surface area contributed by atoms with Crippen molar-refractivity contribution < 1.29 is 31.3 Å². The van der Waals surface area contributed by atoms with E-state index in [1.807, 2.05) is 23.6 Å². The summed E-state index contributed by atoms with van der Waals surface area (Å²) in [6.07, 6.45) is 0. The second kappa shape index (κ2) is 9.10. The molecule has 0 amide bonds. The zero-order valence-corrected chi connectivity index (χ0v) is 19.7. The van der Waals surface area contributed by atoms with Crippen molar-refractivity contribution >= 4 is 49.4 Å². The predicted molar refractivity (Wildman–Crippen MR) is 125 cm³/mol. The molecule has 0 spiro atoms. The first-order valence-electron chi connectivity index (χ1n) is 9.63. The molecule has 0 radical (unpaired) electrons. The predicted octanol–water partition coefficient (Wildman–Crippen LogP) is 3.91. The quantitative estimate of drug-likeness (QED) is 0.285. The Labute approximate surface area is 196 Å². The van der Waals surface area contributed by atoms with E-state index in [-0.39, 0.29) is 22.1 Å². The number of fused-ring (bicyclic) bond motifs is 1. The lowest BCUT2D eigenvalue weighted by molar-refractivity contribution is -0.137. The Kier molecular flexibility index (Phi) is 6.39. The second-order valence-corrected chi connectivity index (χ2v) is 10.6. The van der Waals surface area contributed by atoms with Crippen molar-refractivity contribution in [3.05, 3.63) is 71.2 Å². The minimum absolute atomic E-state index is 0.0170. The monoisotopic (exact) mass is 504 g/mol. The Morgan fingerprint density at radius 1 is 1.18 bits per heavy atom. The van der Waals surface area contributed by atoms with Crippen LogP contribution in [0.15, 0.2) is 64.9 Å². The van der Waals surface area contributed by atoms with Crippen molar-refractivity contribution in [2.75, 3.05) is 0 Å². The average molecular weight is 505 g/mol. The summed E-state index contributed by atoms with van der Waals surface area (Å²) in [6.45, 7) is 1.13. The highest BCUT2D eigenvalue weighted by atomic mass is 32.2. The van der Waals surface area contributed by atoms with Gasteiger partial charge in [-0.1, -0.05) is 35.3 Å². The molecule has 8 nitrogen and oxygen atoms in total. The number of hydrogen-bond acceptors (Lipinski definition) is 7. The fourth-order valence-electron chi connectivity index (χ4n) is 3.65. The number of carbonyl (C=O) groups is 1. The molecule has 0 saturated carbocycles. The summed E-state index contributed by atoms with van der Waals surface area (Å²) >= 11 is -0.765. The van der Waals surface area contributed by atoms with Gasteiger partial charge in [-0.3, -0.25) is 9.00 Å². The number of carboxylic acids is 1. The van der Waals surface area contributed by atoms with Crippen LogP contribution in [0.2, 0.25) is 0 Å². The summed E-state index contributed by atoms with van der Waals surface area (Å²) < 4.78 is 55.1. The van der Waals surface area contributed by atoms with Crippen LogP contribution in [0.25, 0.3) is 21.3 Å². The lowest BCUT2D eigenvalue weighted by atomic mass is 10.1. The van der Waals surface area contributed by atoms with Crippen LogP contribution < -0.4 is 4.18 Å². The van der Waals surface area contributed by atoms with Crippen LogP contribution in [-0.2, 0) is 38.3 Å². The normalized spacial score (nSPS) is 12.7. The van der Waals surface area contributed by atoms with Crippen LogP contribution in [-0.4, -0.2) is 32.8 Å². The first kappa shape index (κ1) is 23.2. The number of aromatic nitrogens is 1. The lowest BCUT2D eigenvalue weighted by Gasteiger charge is -2.10. The van der Waals surface area contributed by atoms with Gasteiger partial charge in [0.15, 0.2) is 0 Å². The molecule has 1 unspecified atom stereocenters. The van der Waals surface area contributed by atoms with Gasteiger partial charge in [0.25, 0.3) is 0 Å². The Morgan fingerprint density at radius 2 is 1.91 bits per heavy atom. The lowest BCUT2D eigenvalue weighted by Crippen LogP contribution is -2.13. The van der Waals surface area contributed by atoms with E-state index >= 15 is 0 Å². The summed E-state index contributed by atoms with van der Waals surface area (Å²) in [5.41, 5.74) is 2.00. The van der Waals surface area contributed by atoms with E-state index in [1.165, 1.54) is 47.1 Å².